The van der Waals surface area contributed by atoms with Crippen molar-refractivity contribution in [2.24, 2.45) is 0 Å². The summed E-state index contributed by atoms with van der Waals surface area (Å²) in [6.07, 6.45) is 1.36. The van der Waals surface area contributed by atoms with Gasteiger partial charge in [0.1, 0.15) is 10.7 Å². The predicted octanol–water partition coefficient (Wildman–Crippen LogP) is 1.31. The molecule has 0 spiro atoms. The second-order valence-corrected chi connectivity index (χ2v) is 5.94. The Morgan fingerprint density at radius 2 is 2.28 bits per heavy atom. The molecule has 1 N–H and O–H groups in total. The van der Waals surface area contributed by atoms with Crippen molar-refractivity contribution in [1.82, 2.24) is 9.29 Å². The maximum Gasteiger partial charge on any atom is 0.244 e. The number of nitrogens with one attached hydrogen (secondary N) is 1. The van der Waals surface area contributed by atoms with Gasteiger partial charge in [-0.15, -0.1) is 0 Å². The second kappa shape index (κ2) is 6.00. The van der Waals surface area contributed by atoms with Crippen molar-refractivity contribution in [2.45, 2.75) is 11.3 Å². The summed E-state index contributed by atoms with van der Waals surface area (Å²) in [5.74, 6) is 0.412. The van der Waals surface area contributed by atoms with E-state index in [1.165, 1.54) is 19.3 Å². The van der Waals surface area contributed by atoms with Crippen LogP contribution in [0.25, 0.3) is 0 Å². The molecule has 0 saturated carbocycles. The molecule has 18 heavy (non-hydrogen) atoms. The molecule has 0 aliphatic rings. The summed E-state index contributed by atoms with van der Waals surface area (Å²) in [4.78, 5) is 3.92. The molecule has 1 heterocycles. The van der Waals surface area contributed by atoms with E-state index in [0.717, 1.165) is 4.31 Å². The summed E-state index contributed by atoms with van der Waals surface area (Å²) >= 11 is 5.88. The quantitative estimate of drug-likeness (QED) is 0.883. The topological polar surface area (TPSA) is 86.1 Å². The monoisotopic (exact) mass is 288 g/mol. The van der Waals surface area contributed by atoms with E-state index in [-0.39, 0.29) is 22.9 Å². The summed E-state index contributed by atoms with van der Waals surface area (Å²) in [7, 11) is -0.602. The molecule has 0 aliphatic carbocycles. The molecular weight excluding hydrogens is 276 g/mol. The molecule has 0 bridgehead atoms. The average molecular weight is 289 g/mol. The molecule has 0 amide bonds. The van der Waals surface area contributed by atoms with Crippen LogP contribution < -0.4 is 5.32 Å². The summed E-state index contributed by atoms with van der Waals surface area (Å²) < 4.78 is 25.3. The Hall–Kier alpha value is -1.36. The van der Waals surface area contributed by atoms with Crippen molar-refractivity contribution in [3.8, 4) is 6.07 Å². The fourth-order valence-corrected chi connectivity index (χ4v) is 2.72. The van der Waals surface area contributed by atoms with Crippen molar-refractivity contribution in [3.63, 3.8) is 0 Å². The van der Waals surface area contributed by atoms with E-state index in [9.17, 15) is 8.42 Å². The lowest BCUT2D eigenvalue weighted by molar-refractivity contribution is 0.476. The molecule has 1 aromatic heterocycles. The van der Waals surface area contributed by atoms with Crippen molar-refractivity contribution >= 4 is 27.4 Å². The number of nitrogens with zero attached hydrogens (tertiary/aromatic N) is 3. The van der Waals surface area contributed by atoms with E-state index in [0.29, 0.717) is 5.82 Å². The fraction of sp³-hybridized carbons (Fsp3) is 0.400. The molecule has 6 nitrogen and oxygen atoms in total. The SMILES string of the molecule is CNc1ncc(S(=O)(=O)N(C)CCC#N)cc1Cl. The third-order valence-electron chi connectivity index (χ3n) is 2.30. The van der Waals surface area contributed by atoms with Gasteiger partial charge in [-0.3, -0.25) is 0 Å². The fourth-order valence-electron chi connectivity index (χ4n) is 1.25. The van der Waals surface area contributed by atoms with Crippen LogP contribution in [0.2, 0.25) is 5.02 Å². The molecular formula is C10H13ClN4O2S. The van der Waals surface area contributed by atoms with Crippen molar-refractivity contribution in [3.05, 3.63) is 17.3 Å². The van der Waals surface area contributed by atoms with Crippen molar-refractivity contribution in [1.29, 1.82) is 5.26 Å². The Kier molecular flexibility index (Phi) is 4.90. The molecule has 0 aliphatic heterocycles. The minimum Gasteiger partial charge on any atom is -0.372 e. The van der Waals surface area contributed by atoms with Crippen LogP contribution in [0.4, 0.5) is 5.82 Å². The smallest absolute Gasteiger partial charge is 0.244 e. The van der Waals surface area contributed by atoms with E-state index in [1.807, 2.05) is 6.07 Å². The lowest BCUT2D eigenvalue weighted by atomic mass is 10.4. The maximum atomic E-state index is 12.1. The van der Waals surface area contributed by atoms with Crippen molar-refractivity contribution < 1.29 is 8.42 Å². The Morgan fingerprint density at radius 3 is 2.78 bits per heavy atom. The van der Waals surface area contributed by atoms with Gasteiger partial charge in [-0.1, -0.05) is 11.6 Å². The molecule has 0 aromatic carbocycles. The minimum absolute atomic E-state index is 0.00643. The van der Waals surface area contributed by atoms with Gasteiger partial charge in [0.15, 0.2) is 0 Å². The van der Waals surface area contributed by atoms with E-state index in [4.69, 9.17) is 16.9 Å². The zero-order valence-electron chi connectivity index (χ0n) is 10.0. The standard InChI is InChI=1S/C10H13ClN4O2S/c1-13-10-9(11)6-8(7-14-10)18(16,17)15(2)5-3-4-12/h6-7H,3,5H2,1-2H3,(H,13,14). The van der Waals surface area contributed by atoms with Gasteiger partial charge in [0.2, 0.25) is 10.0 Å². The van der Waals surface area contributed by atoms with Gasteiger partial charge in [-0.2, -0.15) is 9.57 Å². The number of aromatic nitrogens is 1. The van der Waals surface area contributed by atoms with E-state index in [2.05, 4.69) is 10.3 Å². The zero-order chi connectivity index (χ0) is 13.8. The zero-order valence-corrected chi connectivity index (χ0v) is 11.6. The predicted molar refractivity (Wildman–Crippen MR) is 68.8 cm³/mol. The highest BCUT2D eigenvalue weighted by molar-refractivity contribution is 7.89. The van der Waals surface area contributed by atoms with Crippen LogP contribution >= 0.6 is 11.6 Å². The highest BCUT2D eigenvalue weighted by Gasteiger charge is 2.21. The van der Waals surface area contributed by atoms with Crippen LogP contribution in [0.1, 0.15) is 6.42 Å². The molecule has 0 unspecified atom stereocenters. The Balaban J connectivity index is 3.06. The van der Waals surface area contributed by atoms with Crippen LogP contribution in [0.3, 0.4) is 0 Å². The minimum atomic E-state index is -3.65. The first-order valence-electron chi connectivity index (χ1n) is 5.10. The highest BCUT2D eigenvalue weighted by atomic mass is 35.5. The van der Waals surface area contributed by atoms with Crippen LogP contribution in [0, 0.1) is 11.3 Å². The number of sulfonamides is 1. The molecule has 0 radical (unpaired) electrons. The molecule has 0 saturated heterocycles. The van der Waals surface area contributed by atoms with Crippen LogP contribution in [0.5, 0.6) is 0 Å². The molecule has 0 fully saturated rings. The summed E-state index contributed by atoms with van der Waals surface area (Å²) in [5, 5.41) is 11.4. The van der Waals surface area contributed by atoms with Crippen molar-refractivity contribution in [2.75, 3.05) is 26.0 Å². The number of hydrogen-bond donors (Lipinski definition) is 1. The highest BCUT2D eigenvalue weighted by Crippen LogP contribution is 2.23. The van der Waals surface area contributed by atoms with Gasteiger partial charge in [0.05, 0.1) is 11.1 Å². The van der Waals surface area contributed by atoms with E-state index < -0.39 is 10.0 Å². The number of hydrogen-bond acceptors (Lipinski definition) is 5. The van der Waals surface area contributed by atoms with Crippen LogP contribution in [0.15, 0.2) is 17.2 Å². The van der Waals surface area contributed by atoms with Gasteiger partial charge in [-0.05, 0) is 6.07 Å². The molecule has 0 atom stereocenters. The summed E-state index contributed by atoms with van der Waals surface area (Å²) in [6, 6.07) is 3.23. The maximum absolute atomic E-state index is 12.1. The molecule has 1 rings (SSSR count). The van der Waals surface area contributed by atoms with Crippen LogP contribution in [-0.2, 0) is 10.0 Å². The number of rotatable bonds is 5. The first-order chi connectivity index (χ1) is 8.43. The third kappa shape index (κ3) is 3.10. The van der Waals surface area contributed by atoms with E-state index in [1.54, 1.807) is 7.05 Å². The first-order valence-corrected chi connectivity index (χ1v) is 6.92. The third-order valence-corrected chi connectivity index (χ3v) is 4.41. The number of nitriles is 1. The molecule has 8 heteroatoms. The van der Waals surface area contributed by atoms with Gasteiger partial charge >= 0.3 is 0 Å². The number of halogens is 1. The normalized spacial score (nSPS) is 11.3. The Labute approximate surface area is 111 Å². The summed E-state index contributed by atoms with van der Waals surface area (Å²) in [5.41, 5.74) is 0. The van der Waals surface area contributed by atoms with Gasteiger partial charge in [0.25, 0.3) is 0 Å². The average Bonchev–Trinajstić information content (AvgIpc) is 2.35. The Morgan fingerprint density at radius 1 is 1.61 bits per heavy atom. The molecule has 1 aromatic rings. The van der Waals surface area contributed by atoms with Gasteiger partial charge < -0.3 is 5.32 Å². The summed E-state index contributed by atoms with van der Waals surface area (Å²) in [6.45, 7) is 0.129. The van der Waals surface area contributed by atoms with Crippen LogP contribution in [-0.4, -0.2) is 38.3 Å². The number of anilines is 1. The lowest BCUT2D eigenvalue weighted by Gasteiger charge is -2.15. The van der Waals surface area contributed by atoms with Gasteiger partial charge in [-0.25, -0.2) is 13.4 Å². The van der Waals surface area contributed by atoms with E-state index >= 15 is 0 Å². The Bertz CT molecular complexity index is 568. The largest absolute Gasteiger partial charge is 0.372 e. The second-order valence-electron chi connectivity index (χ2n) is 3.49. The molecule has 98 valence electrons. The number of pyridine rings is 1. The van der Waals surface area contributed by atoms with Gasteiger partial charge in [0, 0.05) is 33.3 Å². The first kappa shape index (κ1) is 14.7. The lowest BCUT2D eigenvalue weighted by Crippen LogP contribution is -2.28.